The van der Waals surface area contributed by atoms with Gasteiger partial charge in [-0.25, -0.2) is 9.97 Å². The van der Waals surface area contributed by atoms with Crippen LogP contribution in [-0.4, -0.2) is 57.0 Å². The Hall–Kier alpha value is -2.91. The van der Waals surface area contributed by atoms with Crippen LogP contribution >= 0.6 is 11.3 Å². The van der Waals surface area contributed by atoms with E-state index in [9.17, 15) is 4.79 Å². The first-order chi connectivity index (χ1) is 17.0. The molecule has 1 atom stereocenters. The second kappa shape index (κ2) is 12.2. The van der Waals surface area contributed by atoms with Gasteiger partial charge in [0.1, 0.15) is 5.69 Å². The van der Waals surface area contributed by atoms with Gasteiger partial charge in [-0.15, -0.1) is 11.3 Å². The Bertz CT molecular complexity index is 1120. The van der Waals surface area contributed by atoms with Gasteiger partial charge in [0.25, 0.3) is 5.91 Å². The average Bonchev–Trinajstić information content (AvgIpc) is 3.29. The summed E-state index contributed by atoms with van der Waals surface area (Å²) in [7, 11) is 0. The van der Waals surface area contributed by atoms with E-state index in [0.717, 1.165) is 41.7 Å². The first kappa shape index (κ1) is 25.2. The Kier molecular flexibility index (Phi) is 8.76. The second-order valence-electron chi connectivity index (χ2n) is 9.18. The quantitative estimate of drug-likeness (QED) is 0.457. The molecule has 35 heavy (non-hydrogen) atoms. The molecule has 9 heteroatoms. The third-order valence-corrected chi connectivity index (χ3v) is 6.98. The molecule has 1 aliphatic carbocycles. The molecule has 0 bridgehead atoms. The lowest BCUT2D eigenvalue weighted by Gasteiger charge is -2.24. The van der Waals surface area contributed by atoms with E-state index in [2.05, 4.69) is 37.1 Å². The van der Waals surface area contributed by atoms with Gasteiger partial charge in [0.05, 0.1) is 35.6 Å². The Morgan fingerprint density at radius 2 is 2.03 bits per heavy atom. The largest absolute Gasteiger partial charge is 0.477 e. The number of rotatable bonds is 8. The standard InChI is InChI=1S/C22H26N6O2S.C4H8.2H2/c1-3-30-20-13-23-11-17(26-20)19-12-25-22(31-19)21(29)27-18(14-28-8-4-5-9-28)16-10-15(2)6-7-24-16;1-4-2-3-4;;/h6-7,10-13,18H,3-5,8-9,14H2,1-2H3,(H,27,29);4H,2-3H2,1H3;2*1H/t18-;;;/m1.../s1. The van der Waals surface area contributed by atoms with E-state index in [1.807, 2.05) is 26.0 Å². The van der Waals surface area contributed by atoms with Crippen molar-refractivity contribution in [2.45, 2.75) is 52.5 Å². The molecule has 2 fully saturated rings. The number of amides is 1. The molecule has 0 radical (unpaired) electrons. The maximum atomic E-state index is 13.0. The number of carbonyl (C=O) groups excluding carboxylic acids is 1. The molecule has 0 spiro atoms. The summed E-state index contributed by atoms with van der Waals surface area (Å²) in [6.07, 6.45) is 12.0. The van der Waals surface area contributed by atoms with Crippen molar-refractivity contribution in [3.05, 3.63) is 53.2 Å². The average molecular weight is 499 g/mol. The smallest absolute Gasteiger partial charge is 0.280 e. The van der Waals surface area contributed by atoms with Crippen molar-refractivity contribution in [1.82, 2.24) is 30.2 Å². The number of aromatic nitrogens is 4. The fraction of sp³-hybridized carbons (Fsp3) is 0.500. The first-order valence-electron chi connectivity index (χ1n) is 12.4. The molecule has 4 heterocycles. The molecule has 2 aliphatic rings. The zero-order valence-electron chi connectivity index (χ0n) is 20.7. The summed E-state index contributed by atoms with van der Waals surface area (Å²) in [6, 6.07) is 3.80. The highest BCUT2D eigenvalue weighted by Crippen LogP contribution is 2.27. The summed E-state index contributed by atoms with van der Waals surface area (Å²) in [5, 5.41) is 3.53. The first-order valence-corrected chi connectivity index (χ1v) is 13.2. The highest BCUT2D eigenvalue weighted by Gasteiger charge is 2.24. The van der Waals surface area contributed by atoms with Crippen molar-refractivity contribution < 1.29 is 12.4 Å². The normalized spacial score (nSPS) is 16.3. The van der Waals surface area contributed by atoms with Crippen molar-refractivity contribution in [1.29, 1.82) is 0 Å². The molecule has 8 nitrogen and oxygen atoms in total. The number of nitrogens with zero attached hydrogens (tertiary/aromatic N) is 5. The van der Waals surface area contributed by atoms with Crippen LogP contribution in [0.25, 0.3) is 10.6 Å². The van der Waals surface area contributed by atoms with Gasteiger partial charge in [-0.2, -0.15) is 0 Å². The molecule has 1 saturated carbocycles. The van der Waals surface area contributed by atoms with E-state index in [1.54, 1.807) is 24.8 Å². The van der Waals surface area contributed by atoms with Crippen LogP contribution in [0.15, 0.2) is 36.9 Å². The predicted octanol–water partition coefficient (Wildman–Crippen LogP) is 5.18. The Labute approximate surface area is 214 Å². The van der Waals surface area contributed by atoms with Crippen LogP contribution < -0.4 is 10.1 Å². The van der Waals surface area contributed by atoms with Crippen LogP contribution in [0.5, 0.6) is 5.88 Å². The highest BCUT2D eigenvalue weighted by atomic mass is 32.1. The highest BCUT2D eigenvalue weighted by molar-refractivity contribution is 7.16. The molecule has 5 rings (SSSR count). The SMILES string of the molecule is CC1CC1.CCOc1cncc(-c2cnc(C(=O)N[C@H](CN3CCCC3)c3cc(C)ccn3)s2)n1.[HH].[HH]. The maximum Gasteiger partial charge on any atom is 0.280 e. The van der Waals surface area contributed by atoms with Crippen molar-refractivity contribution >= 4 is 17.2 Å². The lowest BCUT2D eigenvalue weighted by atomic mass is 10.1. The van der Waals surface area contributed by atoms with E-state index < -0.39 is 0 Å². The fourth-order valence-corrected chi connectivity index (χ4v) is 4.53. The van der Waals surface area contributed by atoms with Crippen LogP contribution in [0.4, 0.5) is 0 Å². The van der Waals surface area contributed by atoms with E-state index in [1.165, 1.54) is 37.0 Å². The Morgan fingerprint density at radius 1 is 1.26 bits per heavy atom. The van der Waals surface area contributed by atoms with Crippen LogP contribution in [0.3, 0.4) is 0 Å². The van der Waals surface area contributed by atoms with Gasteiger partial charge in [0, 0.05) is 21.8 Å². The molecule has 1 amide bonds. The Balaban J connectivity index is 0.000000733. The van der Waals surface area contributed by atoms with Gasteiger partial charge < -0.3 is 15.0 Å². The van der Waals surface area contributed by atoms with Gasteiger partial charge >= 0.3 is 0 Å². The number of carbonyl (C=O) groups is 1. The Morgan fingerprint density at radius 3 is 2.71 bits per heavy atom. The predicted molar refractivity (Wildman–Crippen MR) is 142 cm³/mol. The monoisotopic (exact) mass is 498 g/mol. The zero-order chi connectivity index (χ0) is 24.6. The van der Waals surface area contributed by atoms with E-state index in [4.69, 9.17) is 4.74 Å². The van der Waals surface area contributed by atoms with Crippen molar-refractivity contribution in [3.63, 3.8) is 0 Å². The molecule has 1 N–H and O–H groups in total. The molecule has 1 saturated heterocycles. The van der Waals surface area contributed by atoms with Gasteiger partial charge in [-0.3, -0.25) is 14.8 Å². The van der Waals surface area contributed by atoms with Gasteiger partial charge in [0.15, 0.2) is 5.01 Å². The summed E-state index contributed by atoms with van der Waals surface area (Å²) in [6.45, 7) is 9.56. The summed E-state index contributed by atoms with van der Waals surface area (Å²) in [5.41, 5.74) is 2.62. The topological polar surface area (TPSA) is 93.1 Å². The minimum atomic E-state index is -0.210. The van der Waals surface area contributed by atoms with Crippen LogP contribution in [0.2, 0.25) is 0 Å². The number of ether oxygens (including phenoxy) is 1. The lowest BCUT2D eigenvalue weighted by molar-refractivity contribution is 0.0925. The van der Waals surface area contributed by atoms with Crippen molar-refractivity contribution in [3.8, 4) is 16.5 Å². The number of thiazole rings is 1. The summed E-state index contributed by atoms with van der Waals surface area (Å²) >= 11 is 1.29. The zero-order valence-corrected chi connectivity index (χ0v) is 21.6. The maximum absolute atomic E-state index is 13.0. The molecule has 1 aliphatic heterocycles. The summed E-state index contributed by atoms with van der Waals surface area (Å²) in [4.78, 5) is 33.6. The minimum Gasteiger partial charge on any atom is -0.477 e. The van der Waals surface area contributed by atoms with Crippen LogP contribution in [-0.2, 0) is 0 Å². The molecular formula is C26H38N6O2S. The number of nitrogens with one attached hydrogen (secondary N) is 1. The number of likely N-dealkylation sites (tertiary alicyclic amines) is 1. The van der Waals surface area contributed by atoms with E-state index in [-0.39, 0.29) is 14.8 Å². The lowest BCUT2D eigenvalue weighted by Crippen LogP contribution is -2.37. The third-order valence-electron chi connectivity index (χ3n) is 5.96. The van der Waals surface area contributed by atoms with Crippen molar-refractivity contribution in [2.75, 3.05) is 26.2 Å². The minimum absolute atomic E-state index is 0. The molecule has 3 aromatic heterocycles. The van der Waals surface area contributed by atoms with E-state index in [0.29, 0.717) is 23.2 Å². The molecule has 3 aromatic rings. The van der Waals surface area contributed by atoms with E-state index >= 15 is 0 Å². The molecule has 190 valence electrons. The summed E-state index contributed by atoms with van der Waals surface area (Å²) in [5.74, 6) is 1.33. The molecule has 0 unspecified atom stereocenters. The van der Waals surface area contributed by atoms with Gasteiger partial charge in [0.2, 0.25) is 5.88 Å². The van der Waals surface area contributed by atoms with Crippen LogP contribution in [0.1, 0.15) is 69.5 Å². The summed E-state index contributed by atoms with van der Waals surface area (Å²) < 4.78 is 5.42. The third kappa shape index (κ3) is 7.53. The molecule has 0 aromatic carbocycles. The van der Waals surface area contributed by atoms with Crippen LogP contribution in [0, 0.1) is 12.8 Å². The number of hydrogen-bond donors (Lipinski definition) is 1. The number of aryl methyl sites for hydroxylation is 1. The molecular weight excluding hydrogens is 460 g/mol. The fourth-order valence-electron chi connectivity index (χ4n) is 3.76. The number of hydrogen-bond acceptors (Lipinski definition) is 8. The van der Waals surface area contributed by atoms with Gasteiger partial charge in [-0.05, 0) is 63.4 Å². The van der Waals surface area contributed by atoms with Crippen molar-refractivity contribution in [2.24, 2.45) is 5.92 Å². The number of pyridine rings is 1. The second-order valence-corrected chi connectivity index (χ2v) is 10.2. The van der Waals surface area contributed by atoms with Gasteiger partial charge in [-0.1, -0.05) is 19.8 Å².